The first-order valence-corrected chi connectivity index (χ1v) is 6.61. The number of hydrogen-bond donors (Lipinski definition) is 1. The van der Waals surface area contributed by atoms with E-state index in [1.165, 1.54) is 36.8 Å². The average Bonchev–Trinajstić information content (AvgIpc) is 2.84. The average molecular weight is 233 g/mol. The molecule has 0 heterocycles. The molecule has 17 heavy (non-hydrogen) atoms. The third kappa shape index (κ3) is 2.63. The molecule has 2 N–H and O–H groups in total. The summed E-state index contributed by atoms with van der Waals surface area (Å²) < 4.78 is 5.31. The lowest BCUT2D eigenvalue weighted by atomic mass is 9.84. The monoisotopic (exact) mass is 233 g/mol. The molecule has 2 rings (SSSR count). The van der Waals surface area contributed by atoms with Crippen molar-refractivity contribution in [1.29, 1.82) is 0 Å². The third-order valence-electron chi connectivity index (χ3n) is 4.07. The van der Waals surface area contributed by atoms with Gasteiger partial charge in [0, 0.05) is 0 Å². The van der Waals surface area contributed by atoms with Gasteiger partial charge in [0.1, 0.15) is 5.75 Å². The molecule has 1 aromatic carbocycles. The lowest BCUT2D eigenvalue weighted by Crippen LogP contribution is -2.19. The molecule has 0 bridgehead atoms. The molecule has 1 unspecified atom stereocenters. The second kappa shape index (κ2) is 5.54. The highest BCUT2D eigenvalue weighted by Crippen LogP contribution is 2.37. The number of methoxy groups -OCH3 is 1. The predicted octanol–water partition coefficient (Wildman–Crippen LogP) is 3.24. The van der Waals surface area contributed by atoms with Crippen LogP contribution in [0.3, 0.4) is 0 Å². The molecule has 1 aliphatic carbocycles. The quantitative estimate of drug-likeness (QED) is 0.866. The van der Waals surface area contributed by atoms with Crippen molar-refractivity contribution in [2.75, 3.05) is 13.7 Å². The van der Waals surface area contributed by atoms with Gasteiger partial charge in [-0.1, -0.05) is 25.0 Å². The van der Waals surface area contributed by atoms with Crippen LogP contribution in [0.25, 0.3) is 0 Å². The molecule has 0 saturated heterocycles. The van der Waals surface area contributed by atoms with E-state index in [-0.39, 0.29) is 0 Å². The number of nitrogens with two attached hydrogens (primary N) is 1. The van der Waals surface area contributed by atoms with E-state index in [0.717, 1.165) is 18.2 Å². The van der Waals surface area contributed by atoms with Crippen molar-refractivity contribution < 1.29 is 4.74 Å². The minimum atomic E-state index is 0.530. The molecular weight excluding hydrogens is 210 g/mol. The molecule has 0 amide bonds. The SMILES string of the molecule is COc1ccc(C(CN)C2CCCC2)cc1C. The molecule has 0 radical (unpaired) electrons. The Bertz CT molecular complexity index is 369. The van der Waals surface area contributed by atoms with Crippen molar-refractivity contribution in [2.45, 2.75) is 38.5 Å². The molecule has 1 aromatic rings. The summed E-state index contributed by atoms with van der Waals surface area (Å²) >= 11 is 0. The van der Waals surface area contributed by atoms with Crippen LogP contribution in [0.5, 0.6) is 5.75 Å². The molecule has 0 spiro atoms. The van der Waals surface area contributed by atoms with Gasteiger partial charge in [-0.25, -0.2) is 0 Å². The van der Waals surface area contributed by atoms with Gasteiger partial charge in [0.05, 0.1) is 7.11 Å². The first kappa shape index (κ1) is 12.4. The van der Waals surface area contributed by atoms with Gasteiger partial charge in [0.25, 0.3) is 0 Å². The third-order valence-corrected chi connectivity index (χ3v) is 4.07. The number of ether oxygens (including phenoxy) is 1. The van der Waals surface area contributed by atoms with Crippen LogP contribution in [-0.4, -0.2) is 13.7 Å². The first-order chi connectivity index (χ1) is 8.26. The van der Waals surface area contributed by atoms with Crippen molar-refractivity contribution in [3.63, 3.8) is 0 Å². The summed E-state index contributed by atoms with van der Waals surface area (Å²) in [6.07, 6.45) is 5.42. The minimum absolute atomic E-state index is 0.530. The highest BCUT2D eigenvalue weighted by molar-refractivity contribution is 5.38. The second-order valence-corrected chi connectivity index (χ2v) is 5.12. The summed E-state index contributed by atoms with van der Waals surface area (Å²) in [5, 5.41) is 0. The summed E-state index contributed by atoms with van der Waals surface area (Å²) in [5.74, 6) is 2.28. The van der Waals surface area contributed by atoms with Crippen LogP contribution < -0.4 is 10.5 Å². The fraction of sp³-hybridized carbons (Fsp3) is 0.600. The van der Waals surface area contributed by atoms with Gasteiger partial charge >= 0.3 is 0 Å². The number of rotatable bonds is 4. The summed E-state index contributed by atoms with van der Waals surface area (Å²) in [5.41, 5.74) is 8.57. The Labute approximate surface area is 104 Å². The second-order valence-electron chi connectivity index (χ2n) is 5.12. The van der Waals surface area contributed by atoms with Crippen molar-refractivity contribution >= 4 is 0 Å². The number of hydrogen-bond acceptors (Lipinski definition) is 2. The summed E-state index contributed by atoms with van der Waals surface area (Å²) in [4.78, 5) is 0. The number of aryl methyl sites for hydroxylation is 1. The van der Waals surface area contributed by atoms with Gasteiger partial charge in [-0.05, 0) is 55.3 Å². The van der Waals surface area contributed by atoms with Crippen LogP contribution in [0.1, 0.15) is 42.7 Å². The molecule has 1 saturated carbocycles. The fourth-order valence-corrected chi connectivity index (χ4v) is 3.09. The zero-order chi connectivity index (χ0) is 12.3. The van der Waals surface area contributed by atoms with Gasteiger partial charge in [0.2, 0.25) is 0 Å². The summed E-state index contributed by atoms with van der Waals surface area (Å²) in [6.45, 7) is 2.86. The summed E-state index contributed by atoms with van der Waals surface area (Å²) in [6, 6.07) is 6.50. The smallest absolute Gasteiger partial charge is 0.121 e. The highest BCUT2D eigenvalue weighted by Gasteiger charge is 2.25. The van der Waals surface area contributed by atoms with Crippen LogP contribution in [0.2, 0.25) is 0 Å². The lowest BCUT2D eigenvalue weighted by molar-refractivity contribution is 0.409. The Morgan fingerprint density at radius 3 is 2.59 bits per heavy atom. The van der Waals surface area contributed by atoms with Crippen molar-refractivity contribution in [2.24, 2.45) is 11.7 Å². The van der Waals surface area contributed by atoms with Crippen LogP contribution in [0.4, 0.5) is 0 Å². The van der Waals surface area contributed by atoms with Gasteiger partial charge in [-0.2, -0.15) is 0 Å². The van der Waals surface area contributed by atoms with E-state index in [1.54, 1.807) is 7.11 Å². The molecule has 1 atom stereocenters. The maximum atomic E-state index is 5.97. The predicted molar refractivity (Wildman–Crippen MR) is 71.5 cm³/mol. The van der Waals surface area contributed by atoms with Crippen LogP contribution in [0, 0.1) is 12.8 Å². The zero-order valence-corrected chi connectivity index (χ0v) is 10.9. The van der Waals surface area contributed by atoms with Gasteiger partial charge in [-0.3, -0.25) is 0 Å². The standard InChI is InChI=1S/C15H23NO/c1-11-9-13(7-8-15(11)17-2)14(10-16)12-5-3-4-6-12/h7-9,12,14H,3-6,10,16H2,1-2H3. The van der Waals surface area contributed by atoms with E-state index < -0.39 is 0 Å². The topological polar surface area (TPSA) is 35.2 Å². The van der Waals surface area contributed by atoms with Gasteiger partial charge in [0.15, 0.2) is 0 Å². The molecule has 1 fully saturated rings. The molecule has 2 heteroatoms. The largest absolute Gasteiger partial charge is 0.496 e. The van der Waals surface area contributed by atoms with Crippen molar-refractivity contribution in [1.82, 2.24) is 0 Å². The Morgan fingerprint density at radius 2 is 2.06 bits per heavy atom. The molecule has 94 valence electrons. The zero-order valence-electron chi connectivity index (χ0n) is 10.9. The normalized spacial score (nSPS) is 18.3. The Hall–Kier alpha value is -1.02. The van der Waals surface area contributed by atoms with Crippen molar-refractivity contribution in [3.8, 4) is 5.75 Å². The molecule has 1 aliphatic rings. The number of benzene rings is 1. The van der Waals surface area contributed by atoms with E-state index in [2.05, 4.69) is 25.1 Å². The molecule has 2 nitrogen and oxygen atoms in total. The fourth-order valence-electron chi connectivity index (χ4n) is 3.09. The van der Waals surface area contributed by atoms with E-state index in [9.17, 15) is 0 Å². The van der Waals surface area contributed by atoms with Crippen LogP contribution in [0.15, 0.2) is 18.2 Å². The summed E-state index contributed by atoms with van der Waals surface area (Å²) in [7, 11) is 1.72. The Kier molecular flexibility index (Phi) is 4.06. The van der Waals surface area contributed by atoms with Crippen LogP contribution >= 0.6 is 0 Å². The van der Waals surface area contributed by atoms with Crippen molar-refractivity contribution in [3.05, 3.63) is 29.3 Å². The first-order valence-electron chi connectivity index (χ1n) is 6.61. The lowest BCUT2D eigenvalue weighted by Gasteiger charge is -2.23. The van der Waals surface area contributed by atoms with E-state index in [1.807, 2.05) is 0 Å². The molecular formula is C15H23NO. The van der Waals surface area contributed by atoms with Gasteiger partial charge in [-0.15, -0.1) is 0 Å². The van der Waals surface area contributed by atoms with E-state index in [0.29, 0.717) is 5.92 Å². The van der Waals surface area contributed by atoms with E-state index in [4.69, 9.17) is 10.5 Å². The Morgan fingerprint density at radius 1 is 1.35 bits per heavy atom. The molecule has 0 aromatic heterocycles. The van der Waals surface area contributed by atoms with Gasteiger partial charge < -0.3 is 10.5 Å². The highest BCUT2D eigenvalue weighted by atomic mass is 16.5. The van der Waals surface area contributed by atoms with E-state index >= 15 is 0 Å². The molecule has 0 aliphatic heterocycles. The van der Waals surface area contributed by atoms with Crippen LogP contribution in [-0.2, 0) is 0 Å². The minimum Gasteiger partial charge on any atom is -0.496 e. The maximum Gasteiger partial charge on any atom is 0.121 e. The maximum absolute atomic E-state index is 5.97. The Balaban J connectivity index is 2.21.